The molecule has 0 bridgehead atoms. The van der Waals surface area contributed by atoms with Gasteiger partial charge in [0.1, 0.15) is 5.03 Å². The van der Waals surface area contributed by atoms with Gasteiger partial charge in [-0.15, -0.1) is 11.3 Å². The van der Waals surface area contributed by atoms with Crippen molar-refractivity contribution < 1.29 is 0 Å². The van der Waals surface area contributed by atoms with E-state index in [4.69, 9.17) is 5.73 Å². The molecule has 0 aromatic carbocycles. The van der Waals surface area contributed by atoms with Gasteiger partial charge in [-0.05, 0) is 43.3 Å². The Hall–Kier alpha value is -0.910. The van der Waals surface area contributed by atoms with Gasteiger partial charge in [-0.1, -0.05) is 0 Å². The van der Waals surface area contributed by atoms with E-state index in [0.29, 0.717) is 0 Å². The zero-order valence-electron chi connectivity index (χ0n) is 9.18. The van der Waals surface area contributed by atoms with Crippen molar-refractivity contribution in [2.24, 2.45) is 5.73 Å². The Morgan fingerprint density at radius 1 is 1.50 bits per heavy atom. The third-order valence-electron chi connectivity index (χ3n) is 2.07. The summed E-state index contributed by atoms with van der Waals surface area (Å²) in [5.41, 5.74) is 7.98. The van der Waals surface area contributed by atoms with Crippen LogP contribution in [0.5, 0.6) is 0 Å². The van der Waals surface area contributed by atoms with Gasteiger partial charge in [-0.3, -0.25) is 0 Å². The molecule has 2 heterocycles. The third kappa shape index (κ3) is 2.81. The minimum Gasteiger partial charge on any atom is -0.324 e. The van der Waals surface area contributed by atoms with E-state index in [0.717, 1.165) is 20.6 Å². The molecule has 16 heavy (non-hydrogen) atoms. The van der Waals surface area contributed by atoms with Gasteiger partial charge >= 0.3 is 0 Å². The summed E-state index contributed by atoms with van der Waals surface area (Å²) in [6.45, 7) is 3.96. The van der Waals surface area contributed by atoms with Crippen molar-refractivity contribution in [3.63, 3.8) is 0 Å². The number of rotatable bonds is 3. The average molecular weight is 251 g/mol. The second kappa shape index (κ2) is 4.95. The number of thiazole rings is 1. The van der Waals surface area contributed by atoms with Crippen molar-refractivity contribution in [2.75, 3.05) is 0 Å². The summed E-state index contributed by atoms with van der Waals surface area (Å²) in [4.78, 5) is 8.69. The van der Waals surface area contributed by atoms with Gasteiger partial charge in [0.15, 0.2) is 4.34 Å². The van der Waals surface area contributed by atoms with Gasteiger partial charge in [0, 0.05) is 23.3 Å². The summed E-state index contributed by atoms with van der Waals surface area (Å²) in [5, 5.41) is 2.99. The van der Waals surface area contributed by atoms with Crippen molar-refractivity contribution in [1.82, 2.24) is 9.97 Å². The summed E-state index contributed by atoms with van der Waals surface area (Å²) in [6, 6.07) is 4.01. The predicted molar refractivity (Wildman–Crippen MR) is 67.8 cm³/mol. The first-order valence-electron chi connectivity index (χ1n) is 4.96. The van der Waals surface area contributed by atoms with Crippen molar-refractivity contribution >= 4 is 23.1 Å². The molecular formula is C11H13N3S2. The number of aryl methyl sites for hydroxylation is 1. The number of pyridine rings is 1. The lowest BCUT2D eigenvalue weighted by molar-refractivity contribution is 0.808. The minimum atomic E-state index is 0.0420. The monoisotopic (exact) mass is 251 g/mol. The van der Waals surface area contributed by atoms with Crippen LogP contribution in [0.2, 0.25) is 0 Å². The normalized spacial score (nSPS) is 12.7. The lowest BCUT2D eigenvalue weighted by Gasteiger charge is -2.05. The van der Waals surface area contributed by atoms with Crippen molar-refractivity contribution in [3.8, 4) is 0 Å². The lowest BCUT2D eigenvalue weighted by Crippen LogP contribution is -2.04. The molecule has 0 fully saturated rings. The van der Waals surface area contributed by atoms with Gasteiger partial charge in [-0.25, -0.2) is 9.97 Å². The Morgan fingerprint density at radius 2 is 2.31 bits per heavy atom. The molecule has 0 aliphatic heterocycles. The number of nitrogens with two attached hydrogens (primary N) is 1. The molecule has 0 radical (unpaired) electrons. The fourth-order valence-corrected chi connectivity index (χ4v) is 3.02. The van der Waals surface area contributed by atoms with E-state index in [1.165, 1.54) is 0 Å². The maximum absolute atomic E-state index is 5.83. The highest BCUT2D eigenvalue weighted by Gasteiger charge is 2.05. The van der Waals surface area contributed by atoms with Gasteiger partial charge < -0.3 is 5.73 Å². The molecule has 1 atom stereocenters. The zero-order chi connectivity index (χ0) is 11.5. The quantitative estimate of drug-likeness (QED) is 0.911. The Labute approximate surface area is 103 Å². The molecule has 2 aromatic rings. The third-order valence-corrected chi connectivity index (χ3v) is 4.06. The molecular weight excluding hydrogens is 238 g/mol. The molecule has 0 amide bonds. The largest absolute Gasteiger partial charge is 0.324 e. The molecule has 2 N–H and O–H groups in total. The smallest absolute Gasteiger partial charge is 0.156 e. The maximum Gasteiger partial charge on any atom is 0.156 e. The molecule has 0 aliphatic rings. The zero-order valence-corrected chi connectivity index (χ0v) is 10.8. The molecule has 2 aromatic heterocycles. The second-order valence-corrected chi connectivity index (χ2v) is 5.70. The van der Waals surface area contributed by atoms with Crippen molar-refractivity contribution in [1.29, 1.82) is 0 Å². The molecule has 0 spiro atoms. The topological polar surface area (TPSA) is 51.8 Å². The van der Waals surface area contributed by atoms with Crippen molar-refractivity contribution in [3.05, 3.63) is 35.0 Å². The van der Waals surface area contributed by atoms with E-state index in [1.807, 2.05) is 31.4 Å². The van der Waals surface area contributed by atoms with Crippen LogP contribution >= 0.6 is 23.1 Å². The number of aromatic nitrogens is 2. The molecule has 0 aliphatic carbocycles. The van der Waals surface area contributed by atoms with Crippen LogP contribution in [0.15, 0.2) is 33.1 Å². The predicted octanol–water partition coefficient (Wildman–Crippen LogP) is 3.02. The van der Waals surface area contributed by atoms with Crippen LogP contribution in [0.3, 0.4) is 0 Å². The lowest BCUT2D eigenvalue weighted by atomic mass is 10.1. The van der Waals surface area contributed by atoms with Crippen LogP contribution in [0, 0.1) is 6.92 Å². The first-order valence-corrected chi connectivity index (χ1v) is 6.66. The Kier molecular flexibility index (Phi) is 3.58. The fourth-order valence-electron chi connectivity index (χ4n) is 1.23. The first kappa shape index (κ1) is 11.6. The summed E-state index contributed by atoms with van der Waals surface area (Å²) < 4.78 is 1.02. The summed E-state index contributed by atoms with van der Waals surface area (Å²) in [6.07, 6.45) is 1.79. The number of hydrogen-bond acceptors (Lipinski definition) is 5. The van der Waals surface area contributed by atoms with E-state index in [-0.39, 0.29) is 6.04 Å². The highest BCUT2D eigenvalue weighted by atomic mass is 32.2. The molecule has 84 valence electrons. The molecule has 0 saturated heterocycles. The van der Waals surface area contributed by atoms with E-state index in [1.54, 1.807) is 29.3 Å². The van der Waals surface area contributed by atoms with E-state index >= 15 is 0 Å². The molecule has 3 nitrogen and oxygen atoms in total. The molecule has 0 saturated carbocycles. The minimum absolute atomic E-state index is 0.0420. The fraction of sp³-hybridized carbons (Fsp3) is 0.273. The van der Waals surface area contributed by atoms with Crippen LogP contribution in [0.4, 0.5) is 0 Å². The van der Waals surface area contributed by atoms with Crippen LogP contribution in [0.1, 0.15) is 24.2 Å². The van der Waals surface area contributed by atoms with E-state index in [2.05, 4.69) is 9.97 Å². The Morgan fingerprint density at radius 3 is 2.94 bits per heavy atom. The van der Waals surface area contributed by atoms with Crippen LogP contribution in [-0.4, -0.2) is 9.97 Å². The maximum atomic E-state index is 5.83. The highest BCUT2D eigenvalue weighted by Crippen LogP contribution is 2.29. The molecule has 5 heteroatoms. The van der Waals surface area contributed by atoms with Crippen molar-refractivity contribution in [2.45, 2.75) is 29.3 Å². The van der Waals surface area contributed by atoms with Gasteiger partial charge in [-0.2, -0.15) is 0 Å². The van der Waals surface area contributed by atoms with Crippen LogP contribution in [-0.2, 0) is 0 Å². The standard InChI is InChI=1S/C11H13N3S2/c1-7-6-15-11(14-7)16-10-5-9(8(2)12)3-4-13-10/h3-6,8H,12H2,1-2H3/t8-/m0/s1. The molecule has 2 rings (SSSR count). The second-order valence-electron chi connectivity index (χ2n) is 3.57. The van der Waals surface area contributed by atoms with Gasteiger partial charge in [0.25, 0.3) is 0 Å². The van der Waals surface area contributed by atoms with Gasteiger partial charge in [0.05, 0.1) is 0 Å². The van der Waals surface area contributed by atoms with Gasteiger partial charge in [0.2, 0.25) is 0 Å². The molecule has 0 unspecified atom stereocenters. The Balaban J connectivity index is 2.18. The van der Waals surface area contributed by atoms with E-state index in [9.17, 15) is 0 Å². The number of nitrogens with zero attached hydrogens (tertiary/aromatic N) is 2. The van der Waals surface area contributed by atoms with Crippen LogP contribution < -0.4 is 5.73 Å². The number of hydrogen-bond donors (Lipinski definition) is 1. The average Bonchev–Trinajstić information content (AvgIpc) is 2.64. The van der Waals surface area contributed by atoms with Crippen LogP contribution in [0.25, 0.3) is 0 Å². The Bertz CT molecular complexity index is 480. The summed E-state index contributed by atoms with van der Waals surface area (Å²) >= 11 is 3.22. The van der Waals surface area contributed by atoms with E-state index < -0.39 is 0 Å². The first-order chi connectivity index (χ1) is 7.65. The summed E-state index contributed by atoms with van der Waals surface area (Å²) in [5.74, 6) is 0. The SMILES string of the molecule is Cc1csc(Sc2cc([C@H](C)N)ccn2)n1. The summed E-state index contributed by atoms with van der Waals surface area (Å²) in [7, 11) is 0. The highest BCUT2D eigenvalue weighted by molar-refractivity contribution is 8.01.